The summed E-state index contributed by atoms with van der Waals surface area (Å²) >= 11 is 0. The second kappa shape index (κ2) is 15.2. The average Bonchev–Trinajstić information content (AvgIpc) is 2.87. The predicted molar refractivity (Wildman–Crippen MR) is 151 cm³/mol. The van der Waals surface area contributed by atoms with Gasteiger partial charge in [-0.3, -0.25) is 4.79 Å². The van der Waals surface area contributed by atoms with Crippen molar-refractivity contribution in [1.29, 1.82) is 0 Å². The molecule has 2 heterocycles. The van der Waals surface area contributed by atoms with E-state index in [1.165, 1.54) is 6.08 Å². The monoisotopic (exact) mass is 536 g/mol. The highest BCUT2D eigenvalue weighted by Crippen LogP contribution is 2.29. The fourth-order valence-electron chi connectivity index (χ4n) is 4.67. The zero-order chi connectivity index (χ0) is 28.2. The predicted octanol–water partition coefficient (Wildman–Crippen LogP) is 5.99. The van der Waals surface area contributed by atoms with E-state index in [9.17, 15) is 9.59 Å². The van der Waals surface area contributed by atoms with E-state index in [-0.39, 0.29) is 31.0 Å². The van der Waals surface area contributed by atoms with Crippen LogP contribution in [-0.4, -0.2) is 50.9 Å². The van der Waals surface area contributed by atoms with Crippen molar-refractivity contribution < 1.29 is 33.3 Å². The highest BCUT2D eigenvalue weighted by atomic mass is 16.6. The number of ether oxygens (including phenoxy) is 5. The summed E-state index contributed by atoms with van der Waals surface area (Å²) < 4.78 is 28.7. The highest BCUT2D eigenvalue weighted by Gasteiger charge is 2.23. The molecule has 7 heteroatoms. The molecule has 1 fully saturated rings. The third-order valence-corrected chi connectivity index (χ3v) is 6.47. The molecule has 0 N–H and O–H groups in total. The number of hydrogen-bond acceptors (Lipinski definition) is 7. The van der Waals surface area contributed by atoms with Crippen LogP contribution in [0.1, 0.15) is 51.5 Å². The third-order valence-electron chi connectivity index (χ3n) is 6.47. The number of benzene rings is 1. The molecule has 0 aliphatic carbocycles. The Morgan fingerprint density at radius 2 is 1.79 bits per heavy atom. The van der Waals surface area contributed by atoms with Gasteiger partial charge in [-0.05, 0) is 56.9 Å². The van der Waals surface area contributed by atoms with E-state index in [1.807, 2.05) is 38.1 Å². The van der Waals surface area contributed by atoms with Gasteiger partial charge >= 0.3 is 5.97 Å². The van der Waals surface area contributed by atoms with Crippen molar-refractivity contribution in [3.63, 3.8) is 0 Å². The van der Waals surface area contributed by atoms with Gasteiger partial charge in [0.2, 0.25) is 0 Å². The minimum Gasteiger partial charge on any atom is -0.493 e. The van der Waals surface area contributed by atoms with Crippen LogP contribution in [-0.2, 0) is 30.4 Å². The van der Waals surface area contributed by atoms with Crippen molar-refractivity contribution >= 4 is 11.8 Å². The first kappa shape index (κ1) is 30.1. The fraction of sp³-hybridized carbons (Fsp3) is 0.438. The maximum Gasteiger partial charge on any atom is 0.331 e. The molecule has 3 atom stereocenters. The van der Waals surface area contributed by atoms with Crippen LogP contribution in [0.3, 0.4) is 0 Å². The summed E-state index contributed by atoms with van der Waals surface area (Å²) in [5.41, 5.74) is 3.92. The first-order valence-corrected chi connectivity index (χ1v) is 13.3. The number of cyclic esters (lactones) is 1. The van der Waals surface area contributed by atoms with E-state index in [0.717, 1.165) is 35.1 Å². The number of fused-ring (bicyclic) bond motifs is 2. The summed E-state index contributed by atoms with van der Waals surface area (Å²) in [6.45, 7) is 8.60. The molecular weight excluding hydrogens is 496 g/mol. The Morgan fingerprint density at radius 3 is 2.56 bits per heavy atom. The Balaban J connectivity index is 1.75. The SMILES string of the molecule is C=C1C[C@H]2C/C=C/C(=O)C/C(C)=C\C=C\C(=O)OC(COCc3ccc(OC)c(OC)c3)C/C(C)=C/[C@@H](C1)O2. The molecule has 2 bridgehead atoms. The van der Waals surface area contributed by atoms with Gasteiger partial charge in [-0.2, -0.15) is 0 Å². The second-order valence-corrected chi connectivity index (χ2v) is 10.1. The first-order valence-electron chi connectivity index (χ1n) is 13.3. The number of carbonyl (C=O) groups excluding carboxylic acids is 2. The van der Waals surface area contributed by atoms with Gasteiger partial charge in [0.1, 0.15) is 6.10 Å². The standard InChI is InChI=1S/C32H40O7/c1-22-8-6-11-32(34)39-29(21-37-20-25-12-13-30(35-4)31(19-25)36-5)18-24(3)17-28-16-23(2)15-27(38-28)10-7-9-26(33)14-22/h6-9,11-13,17,19,27-29H,2,10,14-16,18,20-21H2,1,3-5H3/b9-7+,11-6+,22-8-,24-17+/t27-,28-,29?/m1/s1. The lowest BCUT2D eigenvalue weighted by Gasteiger charge is -2.30. The molecule has 2 aliphatic heterocycles. The second-order valence-electron chi connectivity index (χ2n) is 10.1. The molecule has 210 valence electrons. The van der Waals surface area contributed by atoms with Crippen LogP contribution in [0, 0.1) is 0 Å². The minimum absolute atomic E-state index is 0.00876. The molecule has 1 aromatic rings. The van der Waals surface area contributed by atoms with E-state index in [4.69, 9.17) is 23.7 Å². The van der Waals surface area contributed by atoms with Crippen molar-refractivity contribution in [2.75, 3.05) is 20.8 Å². The zero-order valence-electron chi connectivity index (χ0n) is 23.4. The van der Waals surface area contributed by atoms with E-state index in [2.05, 4.69) is 12.7 Å². The van der Waals surface area contributed by atoms with E-state index in [1.54, 1.807) is 32.4 Å². The Hall–Kier alpha value is -3.42. The zero-order valence-corrected chi connectivity index (χ0v) is 23.4. The highest BCUT2D eigenvalue weighted by molar-refractivity contribution is 5.91. The lowest BCUT2D eigenvalue weighted by Crippen LogP contribution is -2.28. The van der Waals surface area contributed by atoms with E-state index >= 15 is 0 Å². The van der Waals surface area contributed by atoms with Crippen molar-refractivity contribution in [2.45, 2.75) is 70.9 Å². The number of hydrogen-bond donors (Lipinski definition) is 0. The molecule has 0 amide bonds. The van der Waals surface area contributed by atoms with Gasteiger partial charge < -0.3 is 23.7 Å². The van der Waals surface area contributed by atoms with Gasteiger partial charge in [0.05, 0.1) is 39.6 Å². The molecule has 39 heavy (non-hydrogen) atoms. The molecule has 0 aromatic heterocycles. The molecule has 1 unspecified atom stereocenters. The summed E-state index contributed by atoms with van der Waals surface area (Å²) in [6, 6.07) is 5.60. The van der Waals surface area contributed by atoms with Crippen LogP contribution < -0.4 is 9.47 Å². The quantitative estimate of drug-likeness (QED) is 0.326. The van der Waals surface area contributed by atoms with Gasteiger partial charge in [0, 0.05) is 18.9 Å². The molecule has 3 rings (SSSR count). The van der Waals surface area contributed by atoms with Crippen LogP contribution in [0.2, 0.25) is 0 Å². The summed E-state index contributed by atoms with van der Waals surface area (Å²) in [5, 5.41) is 0. The van der Waals surface area contributed by atoms with Crippen LogP contribution in [0.15, 0.2) is 78.0 Å². The van der Waals surface area contributed by atoms with Gasteiger partial charge in [0.25, 0.3) is 0 Å². The summed E-state index contributed by atoms with van der Waals surface area (Å²) in [4.78, 5) is 24.9. The van der Waals surface area contributed by atoms with Gasteiger partial charge in [-0.1, -0.05) is 53.7 Å². The van der Waals surface area contributed by atoms with Crippen LogP contribution in [0.4, 0.5) is 0 Å². The summed E-state index contributed by atoms with van der Waals surface area (Å²) in [7, 11) is 3.18. The maximum absolute atomic E-state index is 12.6. The summed E-state index contributed by atoms with van der Waals surface area (Å²) in [5.74, 6) is 0.805. The molecule has 1 saturated heterocycles. The number of carbonyl (C=O) groups is 2. The number of ketones is 1. The molecule has 7 nitrogen and oxygen atoms in total. The average molecular weight is 537 g/mol. The van der Waals surface area contributed by atoms with Crippen molar-refractivity contribution in [3.8, 4) is 11.5 Å². The van der Waals surface area contributed by atoms with E-state index < -0.39 is 12.1 Å². The molecule has 0 radical (unpaired) electrons. The molecule has 0 saturated carbocycles. The number of allylic oxidation sites excluding steroid dienone is 4. The van der Waals surface area contributed by atoms with Crippen molar-refractivity contribution in [1.82, 2.24) is 0 Å². The first-order chi connectivity index (χ1) is 18.7. The largest absolute Gasteiger partial charge is 0.493 e. The Bertz CT molecular complexity index is 1140. The Labute approximate surface area is 231 Å². The lowest BCUT2D eigenvalue weighted by atomic mass is 9.95. The molecular formula is C32H40O7. The third kappa shape index (κ3) is 10.3. The van der Waals surface area contributed by atoms with Crippen molar-refractivity contribution in [3.05, 3.63) is 83.5 Å². The topological polar surface area (TPSA) is 80.3 Å². The van der Waals surface area contributed by atoms with Crippen LogP contribution >= 0.6 is 0 Å². The Kier molecular flexibility index (Phi) is 11.8. The van der Waals surface area contributed by atoms with Gasteiger partial charge in [-0.25, -0.2) is 4.79 Å². The van der Waals surface area contributed by atoms with Crippen LogP contribution in [0.5, 0.6) is 11.5 Å². The van der Waals surface area contributed by atoms with Gasteiger partial charge in [-0.15, -0.1) is 0 Å². The number of methoxy groups -OCH3 is 2. The fourth-order valence-corrected chi connectivity index (χ4v) is 4.67. The van der Waals surface area contributed by atoms with E-state index in [0.29, 0.717) is 30.9 Å². The lowest BCUT2D eigenvalue weighted by molar-refractivity contribution is -0.146. The molecule has 1 aromatic carbocycles. The van der Waals surface area contributed by atoms with Crippen LogP contribution in [0.25, 0.3) is 0 Å². The van der Waals surface area contributed by atoms with Crippen molar-refractivity contribution in [2.24, 2.45) is 0 Å². The molecule has 0 spiro atoms. The maximum atomic E-state index is 12.6. The minimum atomic E-state index is -0.491. The normalized spacial score (nSPS) is 27.6. The summed E-state index contributed by atoms with van der Waals surface area (Å²) in [6.07, 6.45) is 12.6. The van der Waals surface area contributed by atoms with Gasteiger partial charge in [0.15, 0.2) is 17.3 Å². The Morgan fingerprint density at radius 1 is 1.00 bits per heavy atom. The number of esters is 1. The number of rotatable bonds is 6. The smallest absolute Gasteiger partial charge is 0.331 e. The molecule has 2 aliphatic rings.